The molecule has 0 unspecified atom stereocenters. The van der Waals surface area contributed by atoms with E-state index in [1.54, 1.807) is 19.2 Å². The number of aryl methyl sites for hydroxylation is 1. The van der Waals surface area contributed by atoms with E-state index in [0.29, 0.717) is 33.2 Å². The average molecular weight is 377 g/mol. The van der Waals surface area contributed by atoms with E-state index in [1.165, 1.54) is 12.3 Å². The van der Waals surface area contributed by atoms with Gasteiger partial charge in [0, 0.05) is 18.1 Å². The molecule has 3 aromatic heterocycles. The SMILES string of the molecule is COCC#Cc1nc2c(-c3ccc(F)c4[nH]ncc34)c(N)c(=O)[nH]c2cc1C. The number of methoxy groups -OCH3 is 1. The van der Waals surface area contributed by atoms with Gasteiger partial charge in [0.05, 0.1) is 17.2 Å². The van der Waals surface area contributed by atoms with Gasteiger partial charge >= 0.3 is 0 Å². The highest BCUT2D eigenvalue weighted by Gasteiger charge is 2.19. The van der Waals surface area contributed by atoms with Crippen molar-refractivity contribution in [3.05, 3.63) is 51.8 Å². The Balaban J connectivity index is 2.09. The van der Waals surface area contributed by atoms with Gasteiger partial charge in [0.15, 0.2) is 0 Å². The number of nitrogen functional groups attached to an aromatic ring is 1. The van der Waals surface area contributed by atoms with E-state index in [0.717, 1.165) is 5.56 Å². The molecule has 0 radical (unpaired) electrons. The predicted octanol–water partition coefficient (Wildman–Crippen LogP) is 2.49. The van der Waals surface area contributed by atoms with Crippen molar-refractivity contribution in [2.75, 3.05) is 19.5 Å². The minimum absolute atomic E-state index is 0.00578. The van der Waals surface area contributed by atoms with Gasteiger partial charge in [-0.1, -0.05) is 12.0 Å². The normalized spacial score (nSPS) is 11.0. The Morgan fingerprint density at radius 2 is 2.18 bits per heavy atom. The Morgan fingerprint density at radius 3 is 2.96 bits per heavy atom. The summed E-state index contributed by atoms with van der Waals surface area (Å²) in [6.45, 7) is 2.12. The van der Waals surface area contributed by atoms with E-state index in [9.17, 15) is 9.18 Å². The first kappa shape index (κ1) is 17.7. The Bertz CT molecular complexity index is 1340. The number of nitrogens with two attached hydrogens (primary N) is 1. The van der Waals surface area contributed by atoms with Crippen molar-refractivity contribution in [2.45, 2.75) is 6.92 Å². The van der Waals surface area contributed by atoms with Gasteiger partial charge in [-0.15, -0.1) is 0 Å². The number of H-pyrrole nitrogens is 2. The number of halogens is 1. The number of fused-ring (bicyclic) bond motifs is 2. The lowest BCUT2D eigenvalue weighted by atomic mass is 9.98. The third kappa shape index (κ3) is 2.78. The summed E-state index contributed by atoms with van der Waals surface area (Å²) in [6.07, 6.45) is 1.49. The summed E-state index contributed by atoms with van der Waals surface area (Å²) in [4.78, 5) is 19.8. The summed E-state index contributed by atoms with van der Waals surface area (Å²) in [5, 5.41) is 7.05. The molecular weight excluding hydrogens is 361 g/mol. The Kier molecular flexibility index (Phi) is 4.29. The maximum absolute atomic E-state index is 14.1. The molecule has 4 N–H and O–H groups in total. The molecule has 3 heterocycles. The molecule has 0 saturated carbocycles. The molecule has 7 nitrogen and oxygen atoms in total. The molecule has 0 aliphatic rings. The summed E-state index contributed by atoms with van der Waals surface area (Å²) in [5.41, 5.74) is 9.22. The van der Waals surface area contributed by atoms with Crippen LogP contribution in [0.3, 0.4) is 0 Å². The molecule has 4 rings (SSSR count). The fourth-order valence-electron chi connectivity index (χ4n) is 3.14. The smallest absolute Gasteiger partial charge is 0.272 e. The van der Waals surface area contributed by atoms with E-state index >= 15 is 0 Å². The third-order valence-electron chi connectivity index (χ3n) is 4.47. The molecule has 0 bridgehead atoms. The minimum atomic E-state index is -0.445. The van der Waals surface area contributed by atoms with Crippen molar-refractivity contribution in [2.24, 2.45) is 0 Å². The molecule has 0 amide bonds. The van der Waals surface area contributed by atoms with Crippen molar-refractivity contribution < 1.29 is 9.13 Å². The average Bonchev–Trinajstić information content (AvgIpc) is 3.16. The summed E-state index contributed by atoms with van der Waals surface area (Å²) >= 11 is 0. The van der Waals surface area contributed by atoms with Gasteiger partial charge < -0.3 is 15.5 Å². The van der Waals surface area contributed by atoms with Crippen LogP contribution in [0.25, 0.3) is 33.1 Å². The molecule has 140 valence electrons. The monoisotopic (exact) mass is 377 g/mol. The highest BCUT2D eigenvalue weighted by atomic mass is 19.1. The number of benzene rings is 1. The Hall–Kier alpha value is -3.70. The second-order valence-corrected chi connectivity index (χ2v) is 6.28. The molecule has 1 aromatic carbocycles. The quantitative estimate of drug-likeness (QED) is 0.465. The van der Waals surface area contributed by atoms with E-state index in [2.05, 4.69) is 32.0 Å². The molecule has 4 aromatic rings. The first-order chi connectivity index (χ1) is 13.5. The summed E-state index contributed by atoms with van der Waals surface area (Å²) in [5.74, 6) is 5.39. The van der Waals surface area contributed by atoms with Gasteiger partial charge in [-0.25, -0.2) is 9.37 Å². The lowest BCUT2D eigenvalue weighted by Crippen LogP contribution is -2.14. The number of pyridine rings is 2. The number of hydrogen-bond donors (Lipinski definition) is 3. The lowest BCUT2D eigenvalue weighted by Gasteiger charge is -2.12. The number of hydrogen-bond acceptors (Lipinski definition) is 5. The fraction of sp³-hybridized carbons (Fsp3) is 0.150. The number of nitrogens with one attached hydrogen (secondary N) is 2. The molecule has 8 heteroatoms. The van der Waals surface area contributed by atoms with Crippen LogP contribution in [0.4, 0.5) is 10.1 Å². The fourth-order valence-corrected chi connectivity index (χ4v) is 3.14. The van der Waals surface area contributed by atoms with Crippen molar-refractivity contribution in [3.8, 4) is 23.0 Å². The zero-order chi connectivity index (χ0) is 19.8. The van der Waals surface area contributed by atoms with Crippen LogP contribution in [-0.2, 0) is 4.74 Å². The molecular formula is C20H16FN5O2. The number of rotatable bonds is 2. The first-order valence-corrected chi connectivity index (χ1v) is 8.44. The topological polar surface area (TPSA) is 110 Å². The first-order valence-electron chi connectivity index (χ1n) is 8.44. The van der Waals surface area contributed by atoms with E-state index in [4.69, 9.17) is 10.5 Å². The van der Waals surface area contributed by atoms with Gasteiger partial charge in [-0.3, -0.25) is 9.89 Å². The molecule has 0 saturated heterocycles. The summed E-state index contributed by atoms with van der Waals surface area (Å²) in [7, 11) is 1.56. The summed E-state index contributed by atoms with van der Waals surface area (Å²) < 4.78 is 19.0. The van der Waals surface area contributed by atoms with Crippen molar-refractivity contribution >= 4 is 27.6 Å². The van der Waals surface area contributed by atoms with Crippen molar-refractivity contribution in [3.63, 3.8) is 0 Å². The van der Waals surface area contributed by atoms with Gasteiger partial charge in [0.25, 0.3) is 5.56 Å². The zero-order valence-corrected chi connectivity index (χ0v) is 15.2. The van der Waals surface area contributed by atoms with Gasteiger partial charge in [-0.05, 0) is 36.1 Å². The number of anilines is 1. The van der Waals surface area contributed by atoms with E-state index in [1.807, 2.05) is 6.92 Å². The van der Waals surface area contributed by atoms with E-state index < -0.39 is 11.4 Å². The Labute approximate surface area is 158 Å². The molecule has 0 spiro atoms. The minimum Gasteiger partial charge on any atom is -0.394 e. The highest BCUT2D eigenvalue weighted by Crippen LogP contribution is 2.35. The van der Waals surface area contributed by atoms with Crippen LogP contribution < -0.4 is 11.3 Å². The second-order valence-electron chi connectivity index (χ2n) is 6.28. The number of nitrogens with zero attached hydrogens (tertiary/aromatic N) is 2. The zero-order valence-electron chi connectivity index (χ0n) is 15.2. The molecule has 0 aliphatic heterocycles. The van der Waals surface area contributed by atoms with Crippen LogP contribution in [0.5, 0.6) is 0 Å². The predicted molar refractivity (Wildman–Crippen MR) is 105 cm³/mol. The van der Waals surface area contributed by atoms with Crippen LogP contribution >= 0.6 is 0 Å². The van der Waals surface area contributed by atoms with Gasteiger partial charge in [-0.2, -0.15) is 5.10 Å². The Morgan fingerprint density at radius 1 is 1.36 bits per heavy atom. The second kappa shape index (κ2) is 6.79. The maximum atomic E-state index is 14.1. The van der Waals surface area contributed by atoms with Crippen LogP contribution in [0.15, 0.2) is 29.2 Å². The molecule has 0 atom stereocenters. The summed E-state index contributed by atoms with van der Waals surface area (Å²) in [6, 6.07) is 4.66. The van der Waals surface area contributed by atoms with Crippen molar-refractivity contribution in [1.82, 2.24) is 20.2 Å². The van der Waals surface area contributed by atoms with Crippen LogP contribution in [0, 0.1) is 24.6 Å². The van der Waals surface area contributed by atoms with Gasteiger partial charge in [0.2, 0.25) is 0 Å². The maximum Gasteiger partial charge on any atom is 0.272 e. The van der Waals surface area contributed by atoms with Gasteiger partial charge in [0.1, 0.15) is 29.3 Å². The molecule has 0 aliphatic carbocycles. The number of ether oxygens (including phenoxy) is 1. The van der Waals surface area contributed by atoms with E-state index in [-0.39, 0.29) is 17.8 Å². The van der Waals surface area contributed by atoms with Crippen molar-refractivity contribution in [1.29, 1.82) is 0 Å². The third-order valence-corrected chi connectivity index (χ3v) is 4.47. The number of aromatic amines is 2. The molecule has 0 fully saturated rings. The number of aromatic nitrogens is 4. The standard InChI is InChI=1S/C20H16FN5O2/c1-10-8-15-19(24-14(10)4-3-7-28-2)16(17(22)20(27)25-15)11-5-6-13(21)18-12(11)9-23-26-18/h5-6,8-9H,7,22H2,1-2H3,(H,23,26)(H,25,27). The van der Waals surface area contributed by atoms with Crippen LogP contribution in [-0.4, -0.2) is 33.9 Å². The van der Waals surface area contributed by atoms with Crippen LogP contribution in [0.1, 0.15) is 11.3 Å². The highest BCUT2D eigenvalue weighted by molar-refractivity contribution is 6.06. The molecule has 28 heavy (non-hydrogen) atoms. The largest absolute Gasteiger partial charge is 0.394 e. The lowest BCUT2D eigenvalue weighted by molar-refractivity contribution is 0.240. The van der Waals surface area contributed by atoms with Crippen LogP contribution in [0.2, 0.25) is 0 Å².